The zero-order chi connectivity index (χ0) is 60.0. The maximum absolute atomic E-state index is 8.79. The third-order valence-electron chi connectivity index (χ3n) is 17.3. The lowest BCUT2D eigenvalue weighted by molar-refractivity contribution is 0.0494. The highest BCUT2D eigenvalue weighted by Crippen LogP contribution is 2.31. The number of likely N-dealkylation sites (N-methyl/N-ethyl adjacent to an activating group) is 1. The highest BCUT2D eigenvalue weighted by Gasteiger charge is 2.35. The number of piperidine rings is 1. The summed E-state index contributed by atoms with van der Waals surface area (Å²) in [6.07, 6.45) is 7.07. The number of β-amino-alcohol motifs (C(OH)–C–C–N with tert-alkyl or cyclic N) is 1. The minimum absolute atomic E-state index is 0.272. The number of piperazine rings is 4. The van der Waals surface area contributed by atoms with Crippen LogP contribution in [0.4, 0.5) is 5.82 Å². The predicted octanol–water partition coefficient (Wildman–Crippen LogP) is 9.50. The smallest absolute Gasteiger partial charge is 0.128 e. The normalized spacial score (nSPS) is 23.8. The Morgan fingerprint density at radius 2 is 0.937 bits per heavy atom. The Morgan fingerprint density at radius 3 is 1.25 bits per heavy atom. The maximum atomic E-state index is 8.79. The molecule has 6 aliphatic heterocycles. The van der Waals surface area contributed by atoms with Crippen molar-refractivity contribution >= 4 is 5.82 Å². The number of ether oxygens (including phenoxy) is 1. The van der Waals surface area contributed by atoms with E-state index in [0.29, 0.717) is 28.1 Å². The number of aliphatic hydroxyl groups is 1. The van der Waals surface area contributed by atoms with Crippen LogP contribution in [0.15, 0.2) is 36.7 Å². The van der Waals surface area contributed by atoms with E-state index in [0.717, 1.165) is 102 Å². The van der Waals surface area contributed by atoms with Crippen molar-refractivity contribution in [3.63, 3.8) is 0 Å². The summed E-state index contributed by atoms with van der Waals surface area (Å²) in [5, 5.41) is 8.79. The van der Waals surface area contributed by atoms with Crippen molar-refractivity contribution in [1.29, 1.82) is 0 Å². The molecule has 0 spiro atoms. The van der Waals surface area contributed by atoms with Gasteiger partial charge in [-0.05, 0) is 189 Å². The summed E-state index contributed by atoms with van der Waals surface area (Å²) in [4.78, 5) is 29.4. The molecule has 3 unspecified atom stereocenters. The first-order valence-corrected chi connectivity index (χ1v) is 31.4. The number of pyridine rings is 1. The minimum Gasteiger partial charge on any atom is -0.402 e. The lowest BCUT2D eigenvalue weighted by Gasteiger charge is -2.42. The summed E-state index contributed by atoms with van der Waals surface area (Å²) in [5.74, 6) is 1.61. The average Bonchev–Trinajstić information content (AvgIpc) is 3.75. The third-order valence-corrected chi connectivity index (χ3v) is 17.3. The zero-order valence-corrected chi connectivity index (χ0v) is 56.2. The van der Waals surface area contributed by atoms with E-state index in [1.807, 2.05) is 12.3 Å². The Hall–Kier alpha value is -1.95. The molecule has 6 saturated heterocycles. The molecule has 1 aromatic rings. The number of nitrogens with zero attached hydrogens (tertiary/aromatic N) is 11. The molecule has 14 nitrogen and oxygen atoms in total. The van der Waals surface area contributed by atoms with Crippen molar-refractivity contribution in [2.45, 2.75) is 216 Å². The number of hydrogen-bond donors (Lipinski definition) is 2. The monoisotopic (exact) mass is 1110 g/mol. The van der Waals surface area contributed by atoms with Crippen LogP contribution in [-0.2, 0) is 4.74 Å². The van der Waals surface area contributed by atoms with E-state index in [2.05, 4.69) is 218 Å². The van der Waals surface area contributed by atoms with Crippen LogP contribution in [0.5, 0.6) is 0 Å². The number of aliphatic hydroxyl groups excluding tert-OH is 1. The molecule has 6 aliphatic rings. The van der Waals surface area contributed by atoms with E-state index in [-0.39, 0.29) is 17.7 Å². The molecule has 0 bridgehead atoms. The summed E-state index contributed by atoms with van der Waals surface area (Å²) in [6.45, 7) is 77.0. The molecule has 0 aromatic carbocycles. The third kappa shape index (κ3) is 28.0. The number of hydrogen-bond acceptors (Lipinski definition) is 14. The van der Waals surface area contributed by atoms with Crippen LogP contribution in [0, 0.1) is 5.92 Å². The molecular formula is C65H132N12O2. The van der Waals surface area contributed by atoms with Gasteiger partial charge in [0.05, 0.1) is 13.2 Å². The van der Waals surface area contributed by atoms with Crippen LogP contribution in [-0.4, -0.2) is 257 Å². The molecule has 3 atom stereocenters. The van der Waals surface area contributed by atoms with Gasteiger partial charge in [-0.3, -0.25) is 39.2 Å². The quantitative estimate of drug-likeness (QED) is 0.259. The molecule has 0 saturated carbocycles. The van der Waals surface area contributed by atoms with Crippen molar-refractivity contribution in [2.75, 3.05) is 163 Å². The Morgan fingerprint density at radius 1 is 0.544 bits per heavy atom. The first-order chi connectivity index (χ1) is 36.5. The van der Waals surface area contributed by atoms with Gasteiger partial charge < -0.3 is 25.4 Å². The van der Waals surface area contributed by atoms with Crippen LogP contribution in [0.2, 0.25) is 0 Å². The molecule has 1 aromatic heterocycles. The molecule has 7 rings (SSSR count). The van der Waals surface area contributed by atoms with Gasteiger partial charge in [0.25, 0.3) is 0 Å². The Kier molecular flexibility index (Phi) is 31.6. The highest BCUT2D eigenvalue weighted by molar-refractivity contribution is 5.38. The van der Waals surface area contributed by atoms with Crippen molar-refractivity contribution in [2.24, 2.45) is 11.7 Å². The summed E-state index contributed by atoms with van der Waals surface area (Å²) < 4.78 is 5.08. The minimum atomic E-state index is 0.272. The first-order valence-electron chi connectivity index (χ1n) is 31.4. The molecular weight excluding hydrogens is 981 g/mol. The first kappa shape index (κ1) is 73.2. The standard InChI is InChI=1S/C13H21N3.C11H24N2O.C11H22N2.C10H22N2O.C10H22N2.C10H21N/c1-13(2,3)16-10-8-15(9-11-16)12-6-4-5-7-14-12;1-11(2,3)13-7-5-12(6-8-13)9-10-14-4;1-9(12)10-6-5-7-13(8-10)11(2,3)4;1-10(2,3)12-6-4-11(5-7-12)8-9-13;1-5-11-6-8-12(9-7-11)10(2,3)4;1-8-6-7-9(2)11(8)10(3,4)5/h4-7H,8-11H2,1-3H3;5-10H2,1-4H3;10H,1,5-8,12H2,2-4H3;13H,4-9H2,1-3H3;5-9H2,1-4H3;8-9H,6-7H2,1-5H3. The van der Waals surface area contributed by atoms with Crippen LogP contribution in [0.1, 0.15) is 171 Å². The van der Waals surface area contributed by atoms with E-state index in [9.17, 15) is 0 Å². The fourth-order valence-corrected chi connectivity index (χ4v) is 11.9. The highest BCUT2D eigenvalue weighted by atomic mass is 16.5. The van der Waals surface area contributed by atoms with Crippen LogP contribution in [0.25, 0.3) is 0 Å². The lowest BCUT2D eigenvalue weighted by atomic mass is 9.92. The fraction of sp³-hybridized carbons (Fsp3) is 0.892. The number of aromatic nitrogens is 1. The predicted molar refractivity (Wildman–Crippen MR) is 343 cm³/mol. The summed E-state index contributed by atoms with van der Waals surface area (Å²) in [5.41, 5.74) is 8.51. The van der Waals surface area contributed by atoms with Gasteiger partial charge in [0.2, 0.25) is 0 Å². The van der Waals surface area contributed by atoms with Gasteiger partial charge in [0.1, 0.15) is 5.82 Å². The van der Waals surface area contributed by atoms with Gasteiger partial charge >= 0.3 is 0 Å². The molecule has 7 heterocycles. The van der Waals surface area contributed by atoms with Gasteiger partial charge in [-0.25, -0.2) is 4.98 Å². The second kappa shape index (κ2) is 34.1. The molecule has 14 heteroatoms. The van der Waals surface area contributed by atoms with Gasteiger partial charge in [0.15, 0.2) is 0 Å². The Balaban J connectivity index is 0.000000325. The van der Waals surface area contributed by atoms with Crippen LogP contribution >= 0.6 is 0 Å². The van der Waals surface area contributed by atoms with Crippen molar-refractivity contribution in [1.82, 2.24) is 49.1 Å². The summed E-state index contributed by atoms with van der Waals surface area (Å²) in [6, 6.07) is 7.68. The van der Waals surface area contributed by atoms with Crippen molar-refractivity contribution < 1.29 is 9.84 Å². The van der Waals surface area contributed by atoms with Gasteiger partial charge in [-0.1, -0.05) is 19.6 Å². The summed E-state index contributed by atoms with van der Waals surface area (Å²) >= 11 is 0. The lowest BCUT2D eigenvalue weighted by Crippen LogP contribution is -2.53. The SMILES string of the molecule is C=C(N)C1CCCN(C(C)(C)C)C1.CC(C)(C)N1CCN(CCO)CC1.CC(C)(C)N1CCN(c2ccccn2)CC1.CC1CCC(C)N1C(C)(C)C.CCN1CCN(C(C)(C)C)CC1.COCCN1CCN(C(C)(C)C)CC1. The van der Waals surface area contributed by atoms with Crippen molar-refractivity contribution in [3.05, 3.63) is 36.7 Å². The topological polar surface area (TPSA) is 101 Å². The molecule has 0 radical (unpaired) electrons. The Bertz CT molecular complexity index is 1720. The maximum Gasteiger partial charge on any atom is 0.128 e. The van der Waals surface area contributed by atoms with E-state index < -0.39 is 0 Å². The van der Waals surface area contributed by atoms with Gasteiger partial charge in [-0.2, -0.15) is 0 Å². The van der Waals surface area contributed by atoms with Crippen LogP contribution < -0.4 is 10.6 Å². The number of rotatable bonds is 8. The Labute approximate surface area is 490 Å². The number of likely N-dealkylation sites (tertiary alicyclic amines) is 2. The number of methoxy groups -OCH3 is 1. The van der Waals surface area contributed by atoms with Gasteiger partial charge in [0, 0.05) is 195 Å². The fourth-order valence-electron chi connectivity index (χ4n) is 11.9. The van der Waals surface area contributed by atoms with E-state index >= 15 is 0 Å². The van der Waals surface area contributed by atoms with Crippen molar-refractivity contribution in [3.8, 4) is 0 Å². The average molecular weight is 1110 g/mol. The van der Waals surface area contributed by atoms with Crippen LogP contribution in [0.3, 0.4) is 0 Å². The number of nitrogens with two attached hydrogens (primary N) is 1. The molecule has 6 fully saturated rings. The van der Waals surface area contributed by atoms with E-state index in [1.165, 1.54) is 91.1 Å². The summed E-state index contributed by atoms with van der Waals surface area (Å²) in [7, 11) is 1.77. The molecule has 0 aliphatic carbocycles. The molecule has 3 N–H and O–H groups in total. The van der Waals surface area contributed by atoms with E-state index in [4.69, 9.17) is 15.6 Å². The zero-order valence-electron chi connectivity index (χ0n) is 56.2. The van der Waals surface area contributed by atoms with Gasteiger partial charge in [-0.15, -0.1) is 0 Å². The molecule has 464 valence electrons. The van der Waals surface area contributed by atoms with E-state index in [1.54, 1.807) is 7.11 Å². The second-order valence-electron chi connectivity index (χ2n) is 29.5. The number of anilines is 1. The molecule has 0 amide bonds. The second-order valence-corrected chi connectivity index (χ2v) is 29.5. The largest absolute Gasteiger partial charge is 0.402 e. The molecule has 79 heavy (non-hydrogen) atoms.